The van der Waals surface area contributed by atoms with E-state index >= 15 is 0 Å². The molecule has 0 fully saturated rings. The standard InChI is InChI=1S/C19H13BrClFN2O2/c20-14-6-7-17(16(22)9-14)23-19(26)13-5-8-18(25)24(11-13)10-12-3-1-2-4-15(12)21/h1-9,11H,10H2,(H,23,26). The number of rotatable bonds is 4. The zero-order valence-corrected chi connectivity index (χ0v) is 15.7. The molecule has 1 heterocycles. The van der Waals surface area contributed by atoms with E-state index in [-0.39, 0.29) is 23.4 Å². The molecule has 0 radical (unpaired) electrons. The van der Waals surface area contributed by atoms with Crippen molar-refractivity contribution >= 4 is 39.1 Å². The number of halogens is 3. The highest BCUT2D eigenvalue weighted by Gasteiger charge is 2.12. The number of hydrogen-bond donors (Lipinski definition) is 1. The van der Waals surface area contributed by atoms with Crippen LogP contribution >= 0.6 is 27.5 Å². The molecule has 0 spiro atoms. The molecular formula is C19H13BrClFN2O2. The molecule has 1 amide bonds. The molecule has 26 heavy (non-hydrogen) atoms. The van der Waals surface area contributed by atoms with Gasteiger partial charge in [-0.05, 0) is 35.9 Å². The Kier molecular flexibility index (Phi) is 5.54. The number of aromatic nitrogens is 1. The van der Waals surface area contributed by atoms with Crippen molar-refractivity contribution in [2.75, 3.05) is 5.32 Å². The number of benzene rings is 2. The molecule has 0 atom stereocenters. The molecule has 4 nitrogen and oxygen atoms in total. The minimum absolute atomic E-state index is 0.0575. The molecule has 132 valence electrons. The smallest absolute Gasteiger partial charge is 0.257 e. The van der Waals surface area contributed by atoms with Crippen molar-refractivity contribution in [3.8, 4) is 0 Å². The summed E-state index contributed by atoms with van der Waals surface area (Å²) in [5.41, 5.74) is 0.782. The van der Waals surface area contributed by atoms with E-state index in [4.69, 9.17) is 11.6 Å². The Hall–Kier alpha value is -2.44. The maximum absolute atomic E-state index is 13.9. The van der Waals surface area contributed by atoms with Gasteiger partial charge in [0.2, 0.25) is 0 Å². The van der Waals surface area contributed by atoms with Crippen LogP contribution < -0.4 is 10.9 Å². The third-order valence-electron chi connectivity index (χ3n) is 3.72. The number of hydrogen-bond acceptors (Lipinski definition) is 2. The summed E-state index contributed by atoms with van der Waals surface area (Å²) < 4.78 is 15.8. The van der Waals surface area contributed by atoms with E-state index in [1.54, 1.807) is 24.3 Å². The molecule has 3 rings (SSSR count). The number of anilines is 1. The van der Waals surface area contributed by atoms with Crippen LogP contribution in [0.4, 0.5) is 10.1 Å². The summed E-state index contributed by atoms with van der Waals surface area (Å²) in [6, 6.07) is 14.2. The van der Waals surface area contributed by atoms with Gasteiger partial charge in [-0.2, -0.15) is 0 Å². The number of carbonyl (C=O) groups excluding carboxylic acids is 1. The van der Waals surface area contributed by atoms with Gasteiger partial charge in [-0.1, -0.05) is 45.7 Å². The van der Waals surface area contributed by atoms with Gasteiger partial charge in [0, 0.05) is 21.8 Å². The van der Waals surface area contributed by atoms with E-state index in [1.165, 1.54) is 35.0 Å². The highest BCUT2D eigenvalue weighted by atomic mass is 79.9. The molecule has 1 aromatic heterocycles. The van der Waals surface area contributed by atoms with Gasteiger partial charge in [0.25, 0.3) is 11.5 Å². The average Bonchev–Trinajstić information content (AvgIpc) is 2.61. The lowest BCUT2D eigenvalue weighted by Crippen LogP contribution is -2.22. The van der Waals surface area contributed by atoms with E-state index in [0.29, 0.717) is 9.50 Å². The van der Waals surface area contributed by atoms with Crippen molar-refractivity contribution in [3.05, 3.63) is 97.6 Å². The highest BCUT2D eigenvalue weighted by Crippen LogP contribution is 2.20. The maximum Gasteiger partial charge on any atom is 0.257 e. The van der Waals surface area contributed by atoms with Crippen LogP contribution in [0, 0.1) is 5.82 Å². The van der Waals surface area contributed by atoms with Crippen LogP contribution in [0.25, 0.3) is 0 Å². The molecule has 0 saturated heterocycles. The molecule has 0 aliphatic rings. The monoisotopic (exact) mass is 434 g/mol. The molecule has 7 heteroatoms. The van der Waals surface area contributed by atoms with Crippen molar-refractivity contribution in [1.29, 1.82) is 0 Å². The Morgan fingerprint density at radius 2 is 1.92 bits per heavy atom. The second-order valence-corrected chi connectivity index (χ2v) is 6.88. The second kappa shape index (κ2) is 7.85. The van der Waals surface area contributed by atoms with E-state index in [2.05, 4.69) is 21.2 Å². The number of pyridine rings is 1. The van der Waals surface area contributed by atoms with Crippen LogP contribution in [0.1, 0.15) is 15.9 Å². The van der Waals surface area contributed by atoms with Crippen LogP contribution in [0.5, 0.6) is 0 Å². The SMILES string of the molecule is O=C(Nc1ccc(Br)cc1F)c1ccc(=O)n(Cc2ccccc2Cl)c1. The zero-order valence-electron chi connectivity index (χ0n) is 13.4. The Labute approximate surface area is 162 Å². The molecule has 0 bridgehead atoms. The first-order valence-corrected chi connectivity index (χ1v) is 8.81. The average molecular weight is 436 g/mol. The summed E-state index contributed by atoms with van der Waals surface area (Å²) >= 11 is 9.29. The molecule has 0 aliphatic carbocycles. The van der Waals surface area contributed by atoms with Gasteiger partial charge in [0.05, 0.1) is 17.8 Å². The fourth-order valence-corrected chi connectivity index (χ4v) is 2.91. The van der Waals surface area contributed by atoms with Gasteiger partial charge in [-0.25, -0.2) is 4.39 Å². The highest BCUT2D eigenvalue weighted by molar-refractivity contribution is 9.10. The summed E-state index contributed by atoms with van der Waals surface area (Å²) in [5.74, 6) is -1.07. The van der Waals surface area contributed by atoms with Gasteiger partial charge < -0.3 is 9.88 Å². The van der Waals surface area contributed by atoms with Gasteiger partial charge in [0.1, 0.15) is 5.82 Å². The van der Waals surface area contributed by atoms with E-state index in [0.717, 1.165) is 5.56 Å². The molecule has 1 N–H and O–H groups in total. The van der Waals surface area contributed by atoms with Crippen molar-refractivity contribution in [3.63, 3.8) is 0 Å². The van der Waals surface area contributed by atoms with Crippen molar-refractivity contribution in [2.24, 2.45) is 0 Å². The quantitative estimate of drug-likeness (QED) is 0.645. The summed E-state index contributed by atoms with van der Waals surface area (Å²) in [6.07, 6.45) is 1.43. The predicted octanol–water partition coefficient (Wildman–Crippen LogP) is 4.70. The van der Waals surface area contributed by atoms with Gasteiger partial charge in [0.15, 0.2) is 0 Å². The van der Waals surface area contributed by atoms with E-state index < -0.39 is 11.7 Å². The van der Waals surface area contributed by atoms with Crippen LogP contribution in [0.15, 0.2) is 70.1 Å². The van der Waals surface area contributed by atoms with Crippen molar-refractivity contribution in [2.45, 2.75) is 6.54 Å². The lowest BCUT2D eigenvalue weighted by molar-refractivity contribution is 0.102. The summed E-state index contributed by atoms with van der Waals surface area (Å²) in [4.78, 5) is 24.5. The first-order valence-electron chi connectivity index (χ1n) is 7.64. The van der Waals surface area contributed by atoms with Gasteiger partial charge >= 0.3 is 0 Å². The Morgan fingerprint density at radius 3 is 2.65 bits per heavy atom. The first-order chi connectivity index (χ1) is 12.4. The Bertz CT molecular complexity index is 1040. The summed E-state index contributed by atoms with van der Waals surface area (Å²) in [7, 11) is 0. The molecular weight excluding hydrogens is 423 g/mol. The molecule has 2 aromatic carbocycles. The number of nitrogens with one attached hydrogen (secondary N) is 1. The van der Waals surface area contributed by atoms with Crippen molar-refractivity contribution in [1.82, 2.24) is 4.57 Å². The molecule has 0 unspecified atom stereocenters. The molecule has 3 aromatic rings. The van der Waals surface area contributed by atoms with E-state index in [1.807, 2.05) is 6.07 Å². The normalized spacial score (nSPS) is 10.6. The maximum atomic E-state index is 13.9. The molecule has 0 aliphatic heterocycles. The number of nitrogens with zero attached hydrogens (tertiary/aromatic N) is 1. The topological polar surface area (TPSA) is 51.1 Å². The summed E-state index contributed by atoms with van der Waals surface area (Å²) in [5, 5.41) is 3.03. The van der Waals surface area contributed by atoms with Crippen LogP contribution in [0.3, 0.4) is 0 Å². The molecule has 0 saturated carbocycles. The van der Waals surface area contributed by atoms with E-state index in [9.17, 15) is 14.0 Å². The minimum Gasteiger partial charge on any atom is -0.319 e. The minimum atomic E-state index is -0.558. The van der Waals surface area contributed by atoms with Gasteiger partial charge in [-0.3, -0.25) is 9.59 Å². The lowest BCUT2D eigenvalue weighted by atomic mass is 10.2. The zero-order chi connectivity index (χ0) is 18.7. The second-order valence-electron chi connectivity index (χ2n) is 5.55. The van der Waals surface area contributed by atoms with Crippen LogP contribution in [-0.4, -0.2) is 10.5 Å². The Balaban J connectivity index is 1.86. The third kappa shape index (κ3) is 4.20. The Morgan fingerprint density at radius 1 is 1.15 bits per heavy atom. The van der Waals surface area contributed by atoms with Gasteiger partial charge in [-0.15, -0.1) is 0 Å². The largest absolute Gasteiger partial charge is 0.319 e. The van der Waals surface area contributed by atoms with Crippen LogP contribution in [-0.2, 0) is 6.54 Å². The summed E-state index contributed by atoms with van der Waals surface area (Å²) in [6.45, 7) is 0.228. The fraction of sp³-hybridized carbons (Fsp3) is 0.0526. The third-order valence-corrected chi connectivity index (χ3v) is 4.59. The number of carbonyl (C=O) groups is 1. The first kappa shape index (κ1) is 18.4. The van der Waals surface area contributed by atoms with Crippen LogP contribution in [0.2, 0.25) is 5.02 Å². The number of amides is 1. The van der Waals surface area contributed by atoms with Crippen molar-refractivity contribution < 1.29 is 9.18 Å². The fourth-order valence-electron chi connectivity index (χ4n) is 2.38. The predicted molar refractivity (Wildman–Crippen MR) is 103 cm³/mol. The lowest BCUT2D eigenvalue weighted by Gasteiger charge is -2.10.